The molecule has 4 rings (SSSR count). The number of carbonyl (C=O) groups excluding carboxylic acids is 2. The molecule has 3 aromatic carbocycles. The van der Waals surface area contributed by atoms with E-state index in [1.54, 1.807) is 32.9 Å². The van der Waals surface area contributed by atoms with Crippen LogP contribution in [0.25, 0.3) is 11.1 Å². The van der Waals surface area contributed by atoms with Gasteiger partial charge >= 0.3 is 6.09 Å². The minimum Gasteiger partial charge on any atom is -0.494 e. The van der Waals surface area contributed by atoms with Gasteiger partial charge < -0.3 is 25.3 Å². The molecule has 1 aliphatic rings. The van der Waals surface area contributed by atoms with E-state index < -0.39 is 29.0 Å². The Balaban J connectivity index is 1.84. The van der Waals surface area contributed by atoms with Gasteiger partial charge in [0.15, 0.2) is 17.2 Å². The maximum atomic E-state index is 15.6. The molecule has 3 N–H and O–H groups in total. The Bertz CT molecular complexity index is 1360. The van der Waals surface area contributed by atoms with E-state index in [-0.39, 0.29) is 40.4 Å². The van der Waals surface area contributed by atoms with Crippen LogP contribution >= 0.6 is 11.6 Å². The van der Waals surface area contributed by atoms with Crippen molar-refractivity contribution in [2.45, 2.75) is 38.4 Å². The Labute approximate surface area is 219 Å². The van der Waals surface area contributed by atoms with Gasteiger partial charge in [0.2, 0.25) is 5.91 Å². The van der Waals surface area contributed by atoms with Crippen LogP contribution in [0.15, 0.2) is 54.6 Å². The Kier molecular flexibility index (Phi) is 7.06. The van der Waals surface area contributed by atoms with Gasteiger partial charge in [0.25, 0.3) is 0 Å². The van der Waals surface area contributed by atoms with Gasteiger partial charge in [0, 0.05) is 28.1 Å². The zero-order valence-electron chi connectivity index (χ0n) is 21.0. The molecule has 0 saturated heterocycles. The predicted molar refractivity (Wildman–Crippen MR) is 139 cm³/mol. The Morgan fingerprint density at radius 1 is 1.11 bits per heavy atom. The number of nitrogens with two attached hydrogens (primary N) is 1. The van der Waals surface area contributed by atoms with Crippen molar-refractivity contribution >= 4 is 23.6 Å². The average molecular weight is 527 g/mol. The lowest BCUT2D eigenvalue weighted by molar-refractivity contribution is 0.0415. The highest BCUT2D eigenvalue weighted by Crippen LogP contribution is 2.49. The molecule has 37 heavy (non-hydrogen) atoms. The molecule has 3 aromatic rings. The third-order valence-corrected chi connectivity index (χ3v) is 6.36. The summed E-state index contributed by atoms with van der Waals surface area (Å²) < 4.78 is 32.7. The second-order valence-electron chi connectivity index (χ2n) is 9.76. The number of benzene rings is 3. The molecule has 1 heterocycles. The molecule has 0 spiro atoms. The highest BCUT2D eigenvalue weighted by Gasteiger charge is 2.44. The summed E-state index contributed by atoms with van der Waals surface area (Å²) in [4.78, 5) is 24.8. The van der Waals surface area contributed by atoms with Gasteiger partial charge in [-0.25, -0.2) is 9.18 Å². The van der Waals surface area contributed by atoms with E-state index in [9.17, 15) is 9.59 Å². The van der Waals surface area contributed by atoms with E-state index in [4.69, 9.17) is 31.5 Å². The molecule has 0 radical (unpaired) electrons. The van der Waals surface area contributed by atoms with Crippen molar-refractivity contribution in [2.75, 3.05) is 13.7 Å². The van der Waals surface area contributed by atoms with Crippen molar-refractivity contribution in [1.82, 2.24) is 5.32 Å². The van der Waals surface area contributed by atoms with Gasteiger partial charge in [-0.3, -0.25) is 4.79 Å². The van der Waals surface area contributed by atoms with Gasteiger partial charge in [0.1, 0.15) is 11.4 Å². The molecule has 7 nitrogen and oxygen atoms in total. The zero-order chi connectivity index (χ0) is 27.0. The smallest absolute Gasteiger partial charge is 0.407 e. The van der Waals surface area contributed by atoms with E-state index in [0.29, 0.717) is 11.3 Å². The molecular formula is C28H28ClFN2O5. The van der Waals surface area contributed by atoms with Gasteiger partial charge in [0.05, 0.1) is 19.2 Å². The quantitative estimate of drug-likeness (QED) is 0.435. The maximum Gasteiger partial charge on any atom is 0.407 e. The standard InChI is InChI=1S/C28H28ClFN2O5/c1-27(2,3)37-26(34)32-15-28(16-8-6-5-7-9-16)14-18-20(36-28)13-11-19(29)22(18)23-17(25(31)33)10-12-21(35-4)24(23)30/h5-13H,14-15H2,1-4H3,(H2,31,33)(H,32,34)/t28-/m1/s1. The second kappa shape index (κ2) is 9.94. The van der Waals surface area contributed by atoms with E-state index in [1.165, 1.54) is 19.2 Å². The minimum absolute atomic E-state index is 0.0438. The van der Waals surface area contributed by atoms with Crippen LogP contribution in [0.1, 0.15) is 42.3 Å². The van der Waals surface area contributed by atoms with Gasteiger partial charge in [-0.15, -0.1) is 0 Å². The van der Waals surface area contributed by atoms with Crippen molar-refractivity contribution in [3.8, 4) is 22.6 Å². The van der Waals surface area contributed by atoms with Crippen LogP contribution in [0, 0.1) is 5.82 Å². The first-order valence-corrected chi connectivity index (χ1v) is 12.0. The van der Waals surface area contributed by atoms with Crippen LogP contribution in [0.2, 0.25) is 5.02 Å². The number of ether oxygens (including phenoxy) is 3. The van der Waals surface area contributed by atoms with E-state index >= 15 is 4.39 Å². The summed E-state index contributed by atoms with van der Waals surface area (Å²) in [6.45, 7) is 5.37. The molecule has 0 saturated carbocycles. The van der Waals surface area contributed by atoms with E-state index in [0.717, 1.165) is 5.56 Å². The molecule has 1 atom stereocenters. The maximum absolute atomic E-state index is 15.6. The van der Waals surface area contributed by atoms with Crippen molar-refractivity contribution < 1.29 is 28.2 Å². The lowest BCUT2D eigenvalue weighted by atomic mass is 9.85. The topological polar surface area (TPSA) is 99.9 Å². The van der Waals surface area contributed by atoms with Crippen LogP contribution in [0.4, 0.5) is 9.18 Å². The number of rotatable bonds is 6. The third kappa shape index (κ3) is 5.20. The van der Waals surface area contributed by atoms with Crippen molar-refractivity contribution in [1.29, 1.82) is 0 Å². The number of nitrogens with one attached hydrogen (secondary N) is 1. The summed E-state index contributed by atoms with van der Waals surface area (Å²) in [7, 11) is 1.33. The molecule has 9 heteroatoms. The number of amides is 2. The summed E-state index contributed by atoms with van der Waals surface area (Å²) in [5.74, 6) is -1.20. The number of methoxy groups -OCH3 is 1. The van der Waals surface area contributed by atoms with E-state index in [2.05, 4.69) is 5.32 Å². The molecule has 0 aliphatic carbocycles. The van der Waals surface area contributed by atoms with Crippen LogP contribution in [0.5, 0.6) is 11.5 Å². The number of hydrogen-bond donors (Lipinski definition) is 2. The summed E-state index contributed by atoms with van der Waals surface area (Å²) in [5, 5.41) is 3.01. The minimum atomic E-state index is -1.05. The van der Waals surface area contributed by atoms with Gasteiger partial charge in [-0.2, -0.15) is 0 Å². The Morgan fingerprint density at radius 3 is 2.43 bits per heavy atom. The Hall–Kier alpha value is -3.78. The summed E-state index contributed by atoms with van der Waals surface area (Å²) in [5.41, 5.74) is 5.38. The van der Waals surface area contributed by atoms with Crippen molar-refractivity contribution in [2.24, 2.45) is 5.73 Å². The fourth-order valence-electron chi connectivity index (χ4n) is 4.47. The SMILES string of the molecule is COc1ccc(C(N)=O)c(-c2c(Cl)ccc3c2C[C@@](CNC(=O)OC(C)(C)C)(c2ccccc2)O3)c1F. The zero-order valence-corrected chi connectivity index (χ0v) is 21.7. The van der Waals surface area contributed by atoms with Crippen LogP contribution in [0.3, 0.4) is 0 Å². The first-order chi connectivity index (χ1) is 17.5. The molecule has 1 aliphatic heterocycles. The normalized spacial score (nSPS) is 16.5. The molecule has 2 amide bonds. The number of halogens is 2. The highest BCUT2D eigenvalue weighted by molar-refractivity contribution is 6.34. The summed E-state index contributed by atoms with van der Waals surface area (Å²) in [6.07, 6.45) is -0.386. The number of alkyl carbamates (subject to hydrolysis) is 1. The first kappa shape index (κ1) is 26.3. The predicted octanol–water partition coefficient (Wildman–Crippen LogP) is 5.61. The second-order valence-corrected chi connectivity index (χ2v) is 10.2. The number of primary amides is 1. The lowest BCUT2D eigenvalue weighted by Gasteiger charge is -2.30. The fourth-order valence-corrected chi connectivity index (χ4v) is 4.74. The van der Waals surface area contributed by atoms with Gasteiger partial charge in [-0.05, 0) is 50.6 Å². The number of carbonyl (C=O) groups is 2. The fraction of sp³-hybridized carbons (Fsp3) is 0.286. The molecule has 194 valence electrons. The van der Waals surface area contributed by atoms with Crippen LogP contribution in [-0.2, 0) is 16.8 Å². The molecule has 0 bridgehead atoms. The number of hydrogen-bond acceptors (Lipinski definition) is 5. The molecule has 0 fully saturated rings. The monoisotopic (exact) mass is 526 g/mol. The first-order valence-electron chi connectivity index (χ1n) is 11.7. The number of fused-ring (bicyclic) bond motifs is 1. The van der Waals surface area contributed by atoms with Gasteiger partial charge in [-0.1, -0.05) is 41.9 Å². The molecule has 0 aromatic heterocycles. The molecule has 0 unspecified atom stereocenters. The largest absolute Gasteiger partial charge is 0.494 e. The van der Waals surface area contributed by atoms with Crippen LogP contribution in [-0.4, -0.2) is 31.3 Å². The third-order valence-electron chi connectivity index (χ3n) is 6.05. The summed E-state index contributed by atoms with van der Waals surface area (Å²) in [6, 6.07) is 15.3. The van der Waals surface area contributed by atoms with Crippen LogP contribution < -0.4 is 20.5 Å². The Morgan fingerprint density at radius 2 is 1.81 bits per heavy atom. The van der Waals surface area contributed by atoms with Crippen molar-refractivity contribution in [3.63, 3.8) is 0 Å². The highest BCUT2D eigenvalue weighted by atomic mass is 35.5. The van der Waals surface area contributed by atoms with E-state index in [1.807, 2.05) is 30.3 Å². The summed E-state index contributed by atoms with van der Waals surface area (Å²) >= 11 is 6.62. The average Bonchev–Trinajstić information content (AvgIpc) is 3.22. The lowest BCUT2D eigenvalue weighted by Crippen LogP contribution is -2.45. The molecular weight excluding hydrogens is 499 g/mol. The van der Waals surface area contributed by atoms with Crippen molar-refractivity contribution in [3.05, 3.63) is 82.1 Å².